The van der Waals surface area contributed by atoms with Crippen molar-refractivity contribution in [1.29, 1.82) is 0 Å². The van der Waals surface area contributed by atoms with Crippen LogP contribution >= 0.6 is 0 Å². The van der Waals surface area contributed by atoms with E-state index in [4.69, 9.17) is 13.6 Å². The predicted molar refractivity (Wildman–Crippen MR) is 107 cm³/mol. The molecule has 0 saturated heterocycles. The molecule has 6 heteroatoms. The summed E-state index contributed by atoms with van der Waals surface area (Å²) in [5.41, 5.74) is 0.265. The fourth-order valence-electron chi connectivity index (χ4n) is 3.77. The van der Waals surface area contributed by atoms with Crippen LogP contribution < -0.4 is 10.4 Å². The van der Waals surface area contributed by atoms with Crippen molar-refractivity contribution in [2.24, 2.45) is 0 Å². The van der Waals surface area contributed by atoms with Crippen LogP contribution in [-0.2, 0) is 0 Å². The predicted octanol–water partition coefficient (Wildman–Crippen LogP) is 5.46. The molecule has 2 aromatic heterocycles. The molecule has 1 aromatic carbocycles. The zero-order valence-corrected chi connectivity index (χ0v) is 16.3. The minimum Gasteiger partial charge on any atom is -0.490 e. The summed E-state index contributed by atoms with van der Waals surface area (Å²) in [4.78, 5) is 12.6. The second-order valence-corrected chi connectivity index (χ2v) is 7.46. The zero-order valence-electron chi connectivity index (χ0n) is 16.3. The van der Waals surface area contributed by atoms with E-state index in [0.717, 1.165) is 37.5 Å². The highest BCUT2D eigenvalue weighted by atomic mass is 16.5. The third kappa shape index (κ3) is 3.96. The number of rotatable bonds is 7. The Morgan fingerprint density at radius 3 is 2.79 bits per heavy atom. The van der Waals surface area contributed by atoms with Crippen molar-refractivity contribution in [2.45, 2.75) is 64.2 Å². The largest absolute Gasteiger partial charge is 0.490 e. The second kappa shape index (κ2) is 8.59. The van der Waals surface area contributed by atoms with Gasteiger partial charge in [0, 0.05) is 11.3 Å². The van der Waals surface area contributed by atoms with Crippen molar-refractivity contribution in [3.63, 3.8) is 0 Å². The molecule has 1 aliphatic carbocycles. The molecule has 0 aliphatic heterocycles. The van der Waals surface area contributed by atoms with Gasteiger partial charge >= 0.3 is 5.63 Å². The molecule has 1 aliphatic rings. The van der Waals surface area contributed by atoms with Crippen LogP contribution in [0.15, 0.2) is 37.9 Å². The van der Waals surface area contributed by atoms with Crippen LogP contribution in [0.2, 0.25) is 0 Å². The number of ether oxygens (including phenoxy) is 1. The molecular weight excluding hydrogens is 356 g/mol. The lowest BCUT2D eigenvalue weighted by atomic mass is 9.89. The van der Waals surface area contributed by atoms with Gasteiger partial charge in [-0.3, -0.25) is 0 Å². The number of para-hydroxylation sites is 1. The molecule has 0 spiro atoms. The van der Waals surface area contributed by atoms with Crippen molar-refractivity contribution in [3.05, 3.63) is 40.6 Å². The van der Waals surface area contributed by atoms with Crippen LogP contribution in [0.25, 0.3) is 22.4 Å². The fourth-order valence-corrected chi connectivity index (χ4v) is 3.77. The Labute approximate surface area is 163 Å². The van der Waals surface area contributed by atoms with E-state index in [-0.39, 0.29) is 5.89 Å². The molecular formula is C22H26N2O4. The van der Waals surface area contributed by atoms with E-state index >= 15 is 0 Å². The van der Waals surface area contributed by atoms with E-state index < -0.39 is 5.63 Å². The van der Waals surface area contributed by atoms with Crippen molar-refractivity contribution in [1.82, 2.24) is 10.2 Å². The first-order valence-electron chi connectivity index (χ1n) is 10.3. The van der Waals surface area contributed by atoms with E-state index in [1.165, 1.54) is 19.3 Å². The minimum atomic E-state index is -0.490. The maximum absolute atomic E-state index is 12.6. The lowest BCUT2D eigenvalue weighted by molar-refractivity contribution is 0.304. The summed E-state index contributed by atoms with van der Waals surface area (Å²) < 4.78 is 17.3. The quantitative estimate of drug-likeness (QED) is 0.399. The van der Waals surface area contributed by atoms with Crippen LogP contribution in [0.3, 0.4) is 0 Å². The van der Waals surface area contributed by atoms with Gasteiger partial charge in [0.25, 0.3) is 5.89 Å². The number of fused-ring (bicyclic) bond motifs is 1. The standard InChI is InChI=1S/C22H26N2O4/c1-2-3-7-13-26-18-12-8-11-16-14-17(22(25)27-19(16)18)21-24-23-20(28-21)15-9-5-4-6-10-15/h8,11-12,14-15H,2-7,9-10,13H2,1H3. The lowest BCUT2D eigenvalue weighted by Gasteiger charge is -2.17. The van der Waals surface area contributed by atoms with Gasteiger partial charge in [0.05, 0.1) is 6.61 Å². The van der Waals surface area contributed by atoms with Crippen molar-refractivity contribution < 1.29 is 13.6 Å². The van der Waals surface area contributed by atoms with Gasteiger partial charge in [-0.25, -0.2) is 4.79 Å². The average molecular weight is 382 g/mol. The molecule has 1 fully saturated rings. The molecule has 1 saturated carbocycles. The molecule has 0 bridgehead atoms. The van der Waals surface area contributed by atoms with Crippen LogP contribution in [-0.4, -0.2) is 16.8 Å². The number of aromatic nitrogens is 2. The summed E-state index contributed by atoms with van der Waals surface area (Å²) in [7, 11) is 0. The van der Waals surface area contributed by atoms with Gasteiger partial charge in [0.2, 0.25) is 5.89 Å². The highest BCUT2D eigenvalue weighted by molar-refractivity contribution is 5.85. The minimum absolute atomic E-state index is 0.227. The number of hydrogen-bond donors (Lipinski definition) is 0. The number of nitrogens with zero attached hydrogens (tertiary/aromatic N) is 2. The van der Waals surface area contributed by atoms with Gasteiger partial charge in [0.1, 0.15) is 5.56 Å². The number of hydrogen-bond acceptors (Lipinski definition) is 6. The average Bonchev–Trinajstić information content (AvgIpc) is 3.22. The molecule has 6 nitrogen and oxygen atoms in total. The third-order valence-corrected chi connectivity index (χ3v) is 5.35. The Bertz CT molecular complexity index is 986. The molecule has 4 rings (SSSR count). The van der Waals surface area contributed by atoms with Crippen molar-refractivity contribution in [3.8, 4) is 17.2 Å². The van der Waals surface area contributed by atoms with Gasteiger partial charge in [-0.1, -0.05) is 51.2 Å². The highest BCUT2D eigenvalue weighted by Gasteiger charge is 2.23. The number of benzene rings is 1. The molecule has 148 valence electrons. The summed E-state index contributed by atoms with van der Waals surface area (Å²) in [5.74, 6) is 1.74. The molecule has 0 radical (unpaired) electrons. The van der Waals surface area contributed by atoms with Gasteiger partial charge in [-0.05, 0) is 31.4 Å². The Morgan fingerprint density at radius 2 is 1.96 bits per heavy atom. The van der Waals surface area contributed by atoms with Gasteiger partial charge < -0.3 is 13.6 Å². The topological polar surface area (TPSA) is 78.4 Å². The van der Waals surface area contributed by atoms with E-state index in [1.807, 2.05) is 18.2 Å². The van der Waals surface area contributed by atoms with Crippen LogP contribution in [0.1, 0.15) is 70.1 Å². The fraction of sp³-hybridized carbons (Fsp3) is 0.500. The van der Waals surface area contributed by atoms with Crippen molar-refractivity contribution >= 4 is 11.0 Å². The summed E-state index contributed by atoms with van der Waals surface area (Å²) in [6, 6.07) is 7.35. The molecule has 0 amide bonds. The lowest BCUT2D eigenvalue weighted by Crippen LogP contribution is -2.05. The Balaban J connectivity index is 1.61. The van der Waals surface area contributed by atoms with Crippen LogP contribution in [0, 0.1) is 0 Å². The van der Waals surface area contributed by atoms with Crippen molar-refractivity contribution in [2.75, 3.05) is 6.61 Å². The summed E-state index contributed by atoms with van der Waals surface area (Å²) >= 11 is 0. The normalized spacial score (nSPS) is 15.2. The SMILES string of the molecule is CCCCCOc1cccc2cc(-c3nnc(C4CCCCC4)o3)c(=O)oc12. The molecule has 28 heavy (non-hydrogen) atoms. The monoisotopic (exact) mass is 382 g/mol. The maximum atomic E-state index is 12.6. The molecule has 3 aromatic rings. The van der Waals surface area contributed by atoms with Crippen LogP contribution in [0.4, 0.5) is 0 Å². The molecule has 0 atom stereocenters. The smallest absolute Gasteiger partial charge is 0.349 e. The summed E-state index contributed by atoms with van der Waals surface area (Å²) in [5, 5.41) is 9.08. The van der Waals surface area contributed by atoms with Gasteiger partial charge in [0.15, 0.2) is 11.3 Å². The van der Waals surface area contributed by atoms with Crippen LogP contribution in [0.5, 0.6) is 5.75 Å². The Morgan fingerprint density at radius 1 is 1.11 bits per heavy atom. The first-order chi connectivity index (χ1) is 13.8. The third-order valence-electron chi connectivity index (χ3n) is 5.35. The highest BCUT2D eigenvalue weighted by Crippen LogP contribution is 2.33. The molecule has 0 N–H and O–H groups in total. The van der Waals surface area contributed by atoms with Gasteiger partial charge in [-0.15, -0.1) is 10.2 Å². The van der Waals surface area contributed by atoms with E-state index in [0.29, 0.717) is 35.3 Å². The Kier molecular flexibility index (Phi) is 5.74. The Hall–Kier alpha value is -2.63. The van der Waals surface area contributed by atoms with E-state index in [9.17, 15) is 4.79 Å². The maximum Gasteiger partial charge on any atom is 0.349 e. The summed E-state index contributed by atoms with van der Waals surface area (Å²) in [6.07, 6.45) is 8.96. The summed E-state index contributed by atoms with van der Waals surface area (Å²) in [6.45, 7) is 2.75. The van der Waals surface area contributed by atoms with E-state index in [1.54, 1.807) is 6.07 Å². The second-order valence-electron chi connectivity index (χ2n) is 7.46. The molecule has 2 heterocycles. The van der Waals surface area contributed by atoms with Gasteiger partial charge in [-0.2, -0.15) is 0 Å². The first kappa shape index (κ1) is 18.7. The van der Waals surface area contributed by atoms with E-state index in [2.05, 4.69) is 17.1 Å². The first-order valence-corrected chi connectivity index (χ1v) is 10.3. The zero-order chi connectivity index (χ0) is 19.3. The molecule has 0 unspecified atom stereocenters. The number of unbranched alkanes of at least 4 members (excludes halogenated alkanes) is 2.